The molecule has 0 aromatic carbocycles. The van der Waals surface area contributed by atoms with Gasteiger partial charge in [0, 0.05) is 38.3 Å². The Hall–Kier alpha value is -1.36. The first kappa shape index (κ1) is 11.1. The highest BCUT2D eigenvalue weighted by molar-refractivity contribution is 5.76. The van der Waals surface area contributed by atoms with Gasteiger partial charge in [-0.3, -0.25) is 9.89 Å². The van der Waals surface area contributed by atoms with Crippen LogP contribution in [-0.2, 0) is 11.2 Å². The highest BCUT2D eigenvalue weighted by Crippen LogP contribution is 2.07. The summed E-state index contributed by atoms with van der Waals surface area (Å²) >= 11 is 0. The summed E-state index contributed by atoms with van der Waals surface area (Å²) in [6, 6.07) is 0. The standard InChI is InChI=1S/C11H18N4O/c1-9-10(8-13-14-9)2-3-11(16)15-6-4-12-5-7-15/h8,12H,2-7H2,1H3,(H,13,14). The molecule has 0 radical (unpaired) electrons. The second kappa shape index (κ2) is 5.12. The lowest BCUT2D eigenvalue weighted by molar-refractivity contribution is -0.131. The van der Waals surface area contributed by atoms with Gasteiger partial charge in [-0.1, -0.05) is 0 Å². The molecule has 5 nitrogen and oxygen atoms in total. The molecule has 0 aliphatic carbocycles. The number of hydrogen-bond donors (Lipinski definition) is 2. The van der Waals surface area contributed by atoms with E-state index in [1.807, 2.05) is 11.8 Å². The second-order valence-corrected chi connectivity index (χ2v) is 4.15. The van der Waals surface area contributed by atoms with E-state index in [-0.39, 0.29) is 5.91 Å². The van der Waals surface area contributed by atoms with E-state index in [0.717, 1.165) is 43.9 Å². The molecule has 1 fully saturated rings. The first-order valence-corrected chi connectivity index (χ1v) is 5.74. The zero-order valence-electron chi connectivity index (χ0n) is 9.62. The van der Waals surface area contributed by atoms with Crippen LogP contribution < -0.4 is 5.32 Å². The summed E-state index contributed by atoms with van der Waals surface area (Å²) in [7, 11) is 0. The Balaban J connectivity index is 1.81. The van der Waals surface area contributed by atoms with E-state index in [4.69, 9.17) is 0 Å². The average Bonchev–Trinajstić information content (AvgIpc) is 2.73. The summed E-state index contributed by atoms with van der Waals surface area (Å²) in [5.41, 5.74) is 2.21. The fourth-order valence-corrected chi connectivity index (χ4v) is 1.94. The molecule has 16 heavy (non-hydrogen) atoms. The van der Waals surface area contributed by atoms with Crippen molar-refractivity contribution >= 4 is 5.91 Å². The highest BCUT2D eigenvalue weighted by Gasteiger charge is 2.16. The van der Waals surface area contributed by atoms with E-state index in [1.165, 1.54) is 0 Å². The quantitative estimate of drug-likeness (QED) is 0.761. The van der Waals surface area contributed by atoms with Gasteiger partial charge in [0.2, 0.25) is 5.91 Å². The number of aromatic nitrogens is 2. The molecule has 2 heterocycles. The van der Waals surface area contributed by atoms with Crippen molar-refractivity contribution < 1.29 is 4.79 Å². The van der Waals surface area contributed by atoms with Crippen LogP contribution in [0.25, 0.3) is 0 Å². The number of aryl methyl sites for hydroxylation is 2. The molecule has 0 unspecified atom stereocenters. The summed E-state index contributed by atoms with van der Waals surface area (Å²) in [5.74, 6) is 0.252. The number of nitrogens with zero attached hydrogens (tertiary/aromatic N) is 2. The molecule has 0 atom stereocenters. The van der Waals surface area contributed by atoms with Gasteiger partial charge in [0.25, 0.3) is 0 Å². The van der Waals surface area contributed by atoms with Crippen molar-refractivity contribution in [1.82, 2.24) is 20.4 Å². The SMILES string of the molecule is Cc1[nH]ncc1CCC(=O)N1CCNCC1. The molecule has 0 spiro atoms. The number of hydrogen-bond acceptors (Lipinski definition) is 3. The first-order valence-electron chi connectivity index (χ1n) is 5.74. The van der Waals surface area contributed by atoms with Gasteiger partial charge in [0.15, 0.2) is 0 Å². The number of H-pyrrole nitrogens is 1. The zero-order chi connectivity index (χ0) is 11.4. The third kappa shape index (κ3) is 2.61. The van der Waals surface area contributed by atoms with Gasteiger partial charge in [-0.15, -0.1) is 0 Å². The topological polar surface area (TPSA) is 61.0 Å². The predicted molar refractivity (Wildman–Crippen MR) is 61.1 cm³/mol. The van der Waals surface area contributed by atoms with Gasteiger partial charge in [-0.25, -0.2) is 0 Å². The van der Waals surface area contributed by atoms with Crippen molar-refractivity contribution in [3.63, 3.8) is 0 Å². The number of piperazine rings is 1. The van der Waals surface area contributed by atoms with E-state index >= 15 is 0 Å². The molecule has 2 rings (SSSR count). The molecule has 2 N–H and O–H groups in total. The Morgan fingerprint density at radius 3 is 2.88 bits per heavy atom. The Morgan fingerprint density at radius 1 is 1.50 bits per heavy atom. The van der Waals surface area contributed by atoms with Crippen LogP contribution >= 0.6 is 0 Å². The maximum Gasteiger partial charge on any atom is 0.222 e. The molecular formula is C11H18N4O. The van der Waals surface area contributed by atoms with Gasteiger partial charge < -0.3 is 10.2 Å². The van der Waals surface area contributed by atoms with Crippen LogP contribution in [0.2, 0.25) is 0 Å². The normalized spacial score (nSPS) is 16.4. The summed E-state index contributed by atoms with van der Waals surface area (Å²) in [6.07, 6.45) is 3.17. The number of carbonyl (C=O) groups excluding carboxylic acids is 1. The van der Waals surface area contributed by atoms with E-state index in [1.54, 1.807) is 6.20 Å². The molecule has 1 aromatic rings. The minimum Gasteiger partial charge on any atom is -0.340 e. The van der Waals surface area contributed by atoms with Crippen LogP contribution in [0.15, 0.2) is 6.20 Å². The Labute approximate surface area is 95.2 Å². The van der Waals surface area contributed by atoms with Gasteiger partial charge in [0.05, 0.1) is 6.20 Å². The Kier molecular flexibility index (Phi) is 3.56. The van der Waals surface area contributed by atoms with Gasteiger partial charge in [-0.2, -0.15) is 5.10 Å². The van der Waals surface area contributed by atoms with Crippen molar-refractivity contribution in [2.75, 3.05) is 26.2 Å². The first-order chi connectivity index (χ1) is 7.77. The van der Waals surface area contributed by atoms with Crippen molar-refractivity contribution in [3.05, 3.63) is 17.5 Å². The number of nitrogens with one attached hydrogen (secondary N) is 2. The molecule has 1 aromatic heterocycles. The van der Waals surface area contributed by atoms with Crippen LogP contribution in [0.1, 0.15) is 17.7 Å². The molecule has 1 aliphatic rings. The van der Waals surface area contributed by atoms with Gasteiger partial charge in [0.1, 0.15) is 0 Å². The Morgan fingerprint density at radius 2 is 2.25 bits per heavy atom. The summed E-state index contributed by atoms with van der Waals surface area (Å²) in [5, 5.41) is 10.1. The molecule has 1 amide bonds. The number of rotatable bonds is 3. The van der Waals surface area contributed by atoms with Crippen molar-refractivity contribution in [1.29, 1.82) is 0 Å². The van der Waals surface area contributed by atoms with E-state index in [9.17, 15) is 4.79 Å². The molecular weight excluding hydrogens is 204 g/mol. The second-order valence-electron chi connectivity index (χ2n) is 4.15. The molecule has 1 saturated heterocycles. The molecule has 1 aliphatic heterocycles. The monoisotopic (exact) mass is 222 g/mol. The number of amides is 1. The highest BCUT2D eigenvalue weighted by atomic mass is 16.2. The molecule has 0 bridgehead atoms. The molecule has 0 saturated carbocycles. The fourth-order valence-electron chi connectivity index (χ4n) is 1.94. The third-order valence-corrected chi connectivity index (χ3v) is 3.01. The number of carbonyl (C=O) groups is 1. The maximum atomic E-state index is 11.9. The zero-order valence-corrected chi connectivity index (χ0v) is 9.62. The van der Waals surface area contributed by atoms with Crippen molar-refractivity contribution in [2.24, 2.45) is 0 Å². The van der Waals surface area contributed by atoms with Crippen LogP contribution in [0.3, 0.4) is 0 Å². The van der Waals surface area contributed by atoms with Crippen LogP contribution in [0, 0.1) is 6.92 Å². The van der Waals surface area contributed by atoms with Crippen LogP contribution in [-0.4, -0.2) is 47.2 Å². The summed E-state index contributed by atoms with van der Waals surface area (Å²) in [6.45, 7) is 5.48. The smallest absolute Gasteiger partial charge is 0.222 e. The van der Waals surface area contributed by atoms with Gasteiger partial charge in [-0.05, 0) is 18.9 Å². The number of aromatic amines is 1. The van der Waals surface area contributed by atoms with E-state index in [0.29, 0.717) is 6.42 Å². The minimum atomic E-state index is 0.252. The lowest BCUT2D eigenvalue weighted by atomic mass is 10.1. The fraction of sp³-hybridized carbons (Fsp3) is 0.636. The average molecular weight is 222 g/mol. The third-order valence-electron chi connectivity index (χ3n) is 3.01. The predicted octanol–water partition coefficient (Wildman–Crippen LogP) is 0.0825. The van der Waals surface area contributed by atoms with Crippen LogP contribution in [0.5, 0.6) is 0 Å². The molecule has 88 valence electrons. The lowest BCUT2D eigenvalue weighted by Gasteiger charge is -2.27. The van der Waals surface area contributed by atoms with E-state index < -0.39 is 0 Å². The van der Waals surface area contributed by atoms with E-state index in [2.05, 4.69) is 15.5 Å². The van der Waals surface area contributed by atoms with Crippen molar-refractivity contribution in [3.8, 4) is 0 Å². The van der Waals surface area contributed by atoms with Gasteiger partial charge >= 0.3 is 0 Å². The Bertz CT molecular complexity index is 355. The summed E-state index contributed by atoms with van der Waals surface area (Å²) < 4.78 is 0. The minimum absolute atomic E-state index is 0.252. The summed E-state index contributed by atoms with van der Waals surface area (Å²) in [4.78, 5) is 13.8. The molecule has 5 heteroatoms. The maximum absolute atomic E-state index is 11.9. The van der Waals surface area contributed by atoms with Crippen molar-refractivity contribution in [2.45, 2.75) is 19.8 Å². The largest absolute Gasteiger partial charge is 0.340 e. The lowest BCUT2D eigenvalue weighted by Crippen LogP contribution is -2.46. The van der Waals surface area contributed by atoms with Crippen LogP contribution in [0.4, 0.5) is 0 Å².